The second kappa shape index (κ2) is 17.4. The topological polar surface area (TPSA) is 149 Å². The summed E-state index contributed by atoms with van der Waals surface area (Å²) in [5.41, 5.74) is 2.38. The summed E-state index contributed by atoms with van der Waals surface area (Å²) in [6, 6.07) is 6.44. The van der Waals surface area contributed by atoms with Crippen LogP contribution in [0, 0.1) is 0 Å². The van der Waals surface area contributed by atoms with E-state index in [2.05, 4.69) is 49.6 Å². The molecule has 0 spiro atoms. The molecule has 50 heavy (non-hydrogen) atoms. The molecule has 0 unspecified atom stereocenters. The molecule has 6 rings (SSSR count). The predicted molar refractivity (Wildman–Crippen MR) is 187 cm³/mol. The van der Waals surface area contributed by atoms with Gasteiger partial charge in [0.05, 0.1) is 55.8 Å². The first-order valence-electron chi connectivity index (χ1n) is 17.3. The number of ether oxygens (including phenoxy) is 5. The summed E-state index contributed by atoms with van der Waals surface area (Å²) >= 11 is 6.47. The summed E-state index contributed by atoms with van der Waals surface area (Å²) in [5.74, 6) is 1.46. The number of methoxy groups -OCH3 is 1. The smallest absolute Gasteiger partial charge is 0.257 e. The van der Waals surface area contributed by atoms with Crippen molar-refractivity contribution in [2.24, 2.45) is 0 Å². The Hall–Kier alpha value is -3.89. The second-order valence-corrected chi connectivity index (χ2v) is 13.4. The highest BCUT2D eigenvalue weighted by atomic mass is 35.5. The van der Waals surface area contributed by atoms with E-state index in [0.717, 1.165) is 49.9 Å². The van der Waals surface area contributed by atoms with E-state index in [1.807, 2.05) is 29.9 Å². The fourth-order valence-corrected chi connectivity index (χ4v) is 6.78. The number of hydrogen-bond acceptors (Lipinski definition) is 13. The van der Waals surface area contributed by atoms with Gasteiger partial charge in [-0.25, -0.2) is 14.6 Å². The van der Waals surface area contributed by atoms with E-state index in [9.17, 15) is 0 Å². The van der Waals surface area contributed by atoms with Gasteiger partial charge in [-0.1, -0.05) is 17.7 Å². The van der Waals surface area contributed by atoms with Gasteiger partial charge in [0.2, 0.25) is 5.95 Å². The number of aromatic nitrogens is 8. The Kier molecular flexibility index (Phi) is 12.5. The van der Waals surface area contributed by atoms with E-state index < -0.39 is 0 Å². The van der Waals surface area contributed by atoms with Crippen LogP contribution < -0.4 is 14.8 Å². The minimum Gasteiger partial charge on any atom is -0.487 e. The summed E-state index contributed by atoms with van der Waals surface area (Å²) in [4.78, 5) is 11.8. The molecule has 3 atom stereocenters. The Morgan fingerprint density at radius 3 is 2.44 bits per heavy atom. The lowest BCUT2D eigenvalue weighted by molar-refractivity contribution is -0.0852. The summed E-state index contributed by atoms with van der Waals surface area (Å²) in [6.45, 7) is 10.5. The molecule has 1 saturated carbocycles. The zero-order chi connectivity index (χ0) is 34.9. The Morgan fingerprint density at radius 2 is 1.72 bits per heavy atom. The number of benzene rings is 1. The maximum Gasteiger partial charge on any atom is 0.257 e. The number of rotatable bonds is 16. The summed E-state index contributed by atoms with van der Waals surface area (Å²) < 4.78 is 32.5. The number of nitrogens with one attached hydrogen (secondary N) is 1. The lowest BCUT2D eigenvalue weighted by atomic mass is 9.89. The largest absolute Gasteiger partial charge is 0.487 e. The van der Waals surface area contributed by atoms with Gasteiger partial charge in [-0.3, -0.25) is 9.58 Å². The predicted octanol–water partition coefficient (Wildman–Crippen LogP) is 4.83. The van der Waals surface area contributed by atoms with Gasteiger partial charge in [-0.05, 0) is 74.6 Å². The highest BCUT2D eigenvalue weighted by Gasteiger charge is 2.32. The first-order valence-corrected chi connectivity index (χ1v) is 17.7. The number of hydrogen-bond donors (Lipinski definition) is 1. The number of anilines is 2. The lowest BCUT2D eigenvalue weighted by Crippen LogP contribution is -2.51. The van der Waals surface area contributed by atoms with Gasteiger partial charge >= 0.3 is 0 Å². The Morgan fingerprint density at radius 1 is 0.980 bits per heavy atom. The molecule has 1 aliphatic heterocycles. The van der Waals surface area contributed by atoms with Crippen molar-refractivity contribution >= 4 is 23.2 Å². The van der Waals surface area contributed by atoms with Crippen LogP contribution in [0.4, 0.5) is 11.6 Å². The SMILES string of the molecule is COCCOCCOc1nn(C2CCC(N3C[C@@H](C)O[C@@H](C)C3)CC2)cc1Nc1ncc(-c2ccc(Cl)c(O[C@@H](C)Cn3cnnn3)c2)cn1. The van der Waals surface area contributed by atoms with Crippen molar-refractivity contribution < 1.29 is 23.7 Å². The Balaban J connectivity index is 1.11. The molecule has 0 radical (unpaired) electrons. The molecule has 15 nitrogen and oxygen atoms in total. The van der Waals surface area contributed by atoms with Gasteiger partial charge in [-0.2, -0.15) is 0 Å². The molecule has 1 saturated heterocycles. The van der Waals surface area contributed by atoms with Crippen molar-refractivity contribution in [2.45, 2.75) is 83.4 Å². The lowest BCUT2D eigenvalue weighted by Gasteiger charge is -2.42. The molecule has 2 aliphatic rings. The molecule has 0 bridgehead atoms. The van der Waals surface area contributed by atoms with Crippen molar-refractivity contribution in [1.29, 1.82) is 0 Å². The fourth-order valence-electron chi connectivity index (χ4n) is 6.62. The van der Waals surface area contributed by atoms with Crippen LogP contribution in [0.2, 0.25) is 5.02 Å². The Labute approximate surface area is 297 Å². The third-order valence-electron chi connectivity index (χ3n) is 8.93. The molecule has 2 fully saturated rings. The summed E-state index contributed by atoms with van der Waals surface area (Å²) in [5, 5.41) is 19.9. The molecule has 3 aromatic heterocycles. The number of nitrogens with zero attached hydrogens (tertiary/aromatic N) is 9. The van der Waals surface area contributed by atoms with Crippen LogP contribution in [-0.4, -0.2) is 116 Å². The molecule has 1 aromatic carbocycles. The fraction of sp³-hybridized carbons (Fsp3) is 0.588. The minimum absolute atomic E-state index is 0.212. The molecule has 270 valence electrons. The van der Waals surface area contributed by atoms with Crippen LogP contribution in [0.1, 0.15) is 52.5 Å². The molecular weight excluding hydrogens is 664 g/mol. The third-order valence-corrected chi connectivity index (χ3v) is 9.24. The van der Waals surface area contributed by atoms with E-state index in [0.29, 0.717) is 67.3 Å². The van der Waals surface area contributed by atoms with Gasteiger partial charge in [-0.15, -0.1) is 10.2 Å². The van der Waals surface area contributed by atoms with Gasteiger partial charge in [0, 0.05) is 44.2 Å². The molecule has 1 N–H and O–H groups in total. The number of tetrazole rings is 1. The number of halogens is 1. The van der Waals surface area contributed by atoms with Crippen LogP contribution in [0.25, 0.3) is 11.1 Å². The van der Waals surface area contributed by atoms with E-state index in [-0.39, 0.29) is 24.4 Å². The number of morpholine rings is 1. The Bertz CT molecular complexity index is 1610. The molecule has 4 heterocycles. The first-order chi connectivity index (χ1) is 24.3. The van der Waals surface area contributed by atoms with E-state index in [1.54, 1.807) is 36.6 Å². The van der Waals surface area contributed by atoms with E-state index in [4.69, 9.17) is 40.4 Å². The highest BCUT2D eigenvalue weighted by molar-refractivity contribution is 6.32. The van der Waals surface area contributed by atoms with Crippen molar-refractivity contribution in [3.63, 3.8) is 0 Å². The van der Waals surface area contributed by atoms with Crippen molar-refractivity contribution in [2.75, 3.05) is 51.9 Å². The van der Waals surface area contributed by atoms with Gasteiger partial charge in [0.15, 0.2) is 0 Å². The van der Waals surface area contributed by atoms with E-state index in [1.165, 1.54) is 0 Å². The zero-order valence-electron chi connectivity index (χ0n) is 29.2. The maximum absolute atomic E-state index is 6.47. The standard InChI is InChI=1S/C34H47ClN10O5/c1-23-18-43(19-24(2)49-23)28-6-8-29(9-7-28)45-21-31(33(40-45)48-14-13-47-12-11-46-4)39-34-36-16-27(17-37-34)26-5-10-30(35)32(15-26)50-25(3)20-44-22-38-41-42-44/h5,10,15-17,21-25,28-29H,6-9,11-14,18-20H2,1-4H3,(H,36,37,39)/t23-,24+,25-,28?,29?/m0/s1. The van der Waals surface area contributed by atoms with Crippen molar-refractivity contribution in [3.8, 4) is 22.8 Å². The molecule has 16 heteroatoms. The molecule has 1 aliphatic carbocycles. The zero-order valence-corrected chi connectivity index (χ0v) is 29.9. The molecule has 4 aromatic rings. The summed E-state index contributed by atoms with van der Waals surface area (Å²) in [7, 11) is 1.65. The average Bonchev–Trinajstić information content (AvgIpc) is 3.77. The van der Waals surface area contributed by atoms with Crippen LogP contribution in [0.3, 0.4) is 0 Å². The maximum atomic E-state index is 6.47. The van der Waals surface area contributed by atoms with Crippen LogP contribution >= 0.6 is 11.6 Å². The minimum atomic E-state index is -0.212. The van der Waals surface area contributed by atoms with Gasteiger partial charge in [0.25, 0.3) is 5.88 Å². The van der Waals surface area contributed by atoms with Crippen LogP contribution in [0.15, 0.2) is 43.1 Å². The molecular formula is C34H47ClN10O5. The van der Waals surface area contributed by atoms with Crippen LogP contribution in [0.5, 0.6) is 11.6 Å². The monoisotopic (exact) mass is 710 g/mol. The second-order valence-electron chi connectivity index (χ2n) is 13.0. The summed E-state index contributed by atoms with van der Waals surface area (Å²) in [6.07, 6.45) is 11.7. The van der Waals surface area contributed by atoms with Gasteiger partial charge < -0.3 is 29.0 Å². The normalized spacial score (nSPS) is 21.9. The van der Waals surface area contributed by atoms with Crippen LogP contribution in [-0.2, 0) is 20.8 Å². The average molecular weight is 711 g/mol. The third kappa shape index (κ3) is 9.66. The first kappa shape index (κ1) is 35.9. The highest BCUT2D eigenvalue weighted by Crippen LogP contribution is 2.36. The van der Waals surface area contributed by atoms with Crippen molar-refractivity contribution in [1.82, 2.24) is 44.9 Å². The van der Waals surface area contributed by atoms with Crippen molar-refractivity contribution in [3.05, 3.63) is 48.1 Å². The quantitative estimate of drug-likeness (QED) is 0.159. The molecule has 0 amide bonds. The van der Waals surface area contributed by atoms with E-state index >= 15 is 0 Å². The van der Waals surface area contributed by atoms with Gasteiger partial charge in [0.1, 0.15) is 30.5 Å².